The summed E-state index contributed by atoms with van der Waals surface area (Å²) in [7, 11) is 0. The molecule has 0 unspecified atom stereocenters. The Morgan fingerprint density at radius 1 is 1.00 bits per heavy atom. The minimum Gasteiger partial charge on any atom is -0.0812 e. The lowest BCUT2D eigenvalue weighted by Gasteiger charge is -2.39. The van der Waals surface area contributed by atoms with Crippen LogP contribution >= 0.6 is 0 Å². The molecule has 0 heterocycles. The van der Waals surface area contributed by atoms with Crippen LogP contribution in [0.2, 0.25) is 0 Å². The van der Waals surface area contributed by atoms with E-state index in [0.717, 1.165) is 0 Å². The van der Waals surface area contributed by atoms with E-state index in [1.54, 1.807) is 31.3 Å². The van der Waals surface area contributed by atoms with E-state index in [-0.39, 0.29) is 0 Å². The third-order valence-corrected chi connectivity index (χ3v) is 3.58. The van der Waals surface area contributed by atoms with E-state index in [1.807, 2.05) is 0 Å². The van der Waals surface area contributed by atoms with Gasteiger partial charge in [-0.15, -0.1) is 0 Å². The lowest BCUT2D eigenvalue weighted by atomic mass is 9.67. The highest BCUT2D eigenvalue weighted by Gasteiger charge is 2.30. The Morgan fingerprint density at radius 3 is 1.42 bits per heavy atom. The molecule has 0 heteroatoms. The Kier molecular flexibility index (Phi) is 2.53. The number of hydrogen-bond acceptors (Lipinski definition) is 0. The molecule has 68 valence electrons. The van der Waals surface area contributed by atoms with E-state index in [2.05, 4.69) is 13.0 Å². The normalized spacial score (nSPS) is 27.6. The third-order valence-electron chi connectivity index (χ3n) is 3.58. The molecule has 0 bridgehead atoms. The van der Waals surface area contributed by atoms with E-state index in [1.165, 1.54) is 31.1 Å². The van der Waals surface area contributed by atoms with Gasteiger partial charge in [0.2, 0.25) is 0 Å². The number of rotatable bonds is 1. The average Bonchev–Trinajstić information content (AvgIpc) is 2.58. The summed E-state index contributed by atoms with van der Waals surface area (Å²) < 4.78 is 0. The molecule has 0 nitrogen and oxygen atoms in total. The van der Waals surface area contributed by atoms with Gasteiger partial charge in [-0.05, 0) is 25.2 Å². The monoisotopic (exact) mass is 164 g/mol. The largest absolute Gasteiger partial charge is 0.0812 e. The van der Waals surface area contributed by atoms with Gasteiger partial charge in [-0.2, -0.15) is 0 Å². The van der Waals surface area contributed by atoms with Gasteiger partial charge < -0.3 is 0 Å². The molecule has 3 rings (SSSR count). The smallest absolute Gasteiger partial charge is 0.0139 e. The molecule has 0 saturated heterocycles. The molecule has 2 saturated carbocycles. The number of hydrogen-bond donors (Lipinski definition) is 0. The maximum atomic E-state index is 2.21. The van der Waals surface area contributed by atoms with Gasteiger partial charge in [-0.3, -0.25) is 0 Å². The van der Waals surface area contributed by atoms with Gasteiger partial charge in [0, 0.05) is 0 Å². The molecule has 0 amide bonds. The fourth-order valence-corrected chi connectivity index (χ4v) is 1.92. The van der Waals surface area contributed by atoms with Crippen LogP contribution in [-0.4, -0.2) is 0 Å². The van der Waals surface area contributed by atoms with Gasteiger partial charge in [-0.25, -0.2) is 0 Å². The Balaban J connectivity index is 0.000000119. The molecule has 0 spiro atoms. The summed E-state index contributed by atoms with van der Waals surface area (Å²) in [4.78, 5) is 0. The minimum absolute atomic E-state index is 1.18. The molecule has 2 fully saturated rings. The van der Waals surface area contributed by atoms with Crippen molar-refractivity contribution in [2.45, 2.75) is 51.9 Å². The van der Waals surface area contributed by atoms with Crippen LogP contribution in [0.3, 0.4) is 0 Å². The summed E-state index contributed by atoms with van der Waals surface area (Å²) in [6, 6.07) is 0. The van der Waals surface area contributed by atoms with E-state index in [4.69, 9.17) is 0 Å². The summed E-state index contributed by atoms with van der Waals surface area (Å²) >= 11 is 0. The van der Waals surface area contributed by atoms with E-state index in [9.17, 15) is 0 Å². The van der Waals surface area contributed by atoms with Gasteiger partial charge in [0.05, 0.1) is 0 Å². The summed E-state index contributed by atoms with van der Waals surface area (Å²) in [6.07, 6.45) is 12.8. The van der Waals surface area contributed by atoms with Crippen LogP contribution in [0.1, 0.15) is 51.9 Å². The molecule has 0 N–H and O–H groups in total. The van der Waals surface area contributed by atoms with Crippen molar-refractivity contribution in [2.75, 3.05) is 0 Å². The van der Waals surface area contributed by atoms with Crippen LogP contribution in [0.15, 0.2) is 11.6 Å². The molecule has 0 aliphatic heterocycles. The molecule has 12 heavy (non-hydrogen) atoms. The Hall–Kier alpha value is -0.260. The third kappa shape index (κ3) is 2.12. The summed E-state index contributed by atoms with van der Waals surface area (Å²) in [6.45, 7) is 2.14. The van der Waals surface area contributed by atoms with Crippen molar-refractivity contribution in [1.82, 2.24) is 0 Å². The van der Waals surface area contributed by atoms with Gasteiger partial charge in [0.15, 0.2) is 0 Å². The second-order valence-electron chi connectivity index (χ2n) is 4.64. The fraction of sp³-hybridized carbons (Fsp3) is 0.833. The molecule has 3 aliphatic rings. The van der Waals surface area contributed by atoms with Crippen molar-refractivity contribution in [1.29, 1.82) is 0 Å². The lowest BCUT2D eigenvalue weighted by Crippen LogP contribution is -2.26. The van der Waals surface area contributed by atoms with Crippen molar-refractivity contribution in [3.05, 3.63) is 11.6 Å². The molecule has 0 aromatic rings. The molecule has 0 aromatic carbocycles. The van der Waals surface area contributed by atoms with Crippen LogP contribution in [0.25, 0.3) is 0 Å². The van der Waals surface area contributed by atoms with Crippen LogP contribution in [0.5, 0.6) is 0 Å². The van der Waals surface area contributed by atoms with Crippen molar-refractivity contribution in [3.8, 4) is 0 Å². The predicted octanol–water partition coefficient (Wildman–Crippen LogP) is 3.92. The second kappa shape index (κ2) is 3.64. The summed E-state index contributed by atoms with van der Waals surface area (Å²) in [5.74, 6) is 2.37. The first-order valence-corrected chi connectivity index (χ1v) is 5.52. The van der Waals surface area contributed by atoms with Crippen LogP contribution < -0.4 is 0 Å². The minimum atomic E-state index is 1.18. The first-order valence-electron chi connectivity index (χ1n) is 5.52. The van der Waals surface area contributed by atoms with Crippen molar-refractivity contribution < 1.29 is 0 Å². The van der Waals surface area contributed by atoms with Crippen LogP contribution in [0.4, 0.5) is 0 Å². The van der Waals surface area contributed by atoms with Crippen LogP contribution in [-0.2, 0) is 0 Å². The van der Waals surface area contributed by atoms with Crippen molar-refractivity contribution in [3.63, 3.8) is 0 Å². The first-order chi connectivity index (χ1) is 5.86. The zero-order valence-electron chi connectivity index (χ0n) is 8.18. The molecular formula is C12H20. The molecular weight excluding hydrogens is 144 g/mol. The quantitative estimate of drug-likeness (QED) is 0.515. The van der Waals surface area contributed by atoms with Crippen molar-refractivity contribution in [2.24, 2.45) is 11.8 Å². The number of allylic oxidation sites excluding steroid dienone is 2. The summed E-state index contributed by atoms with van der Waals surface area (Å²) in [5.41, 5.74) is 1.54. The highest BCUT2D eigenvalue weighted by molar-refractivity contribution is 5.17. The zero-order chi connectivity index (χ0) is 8.39. The molecule has 0 radical (unpaired) electrons. The van der Waals surface area contributed by atoms with Gasteiger partial charge >= 0.3 is 0 Å². The molecule has 3 aliphatic carbocycles. The van der Waals surface area contributed by atoms with E-state index >= 15 is 0 Å². The van der Waals surface area contributed by atoms with Crippen LogP contribution in [0, 0.1) is 11.8 Å². The molecule has 0 atom stereocenters. The highest BCUT2D eigenvalue weighted by atomic mass is 14.4. The summed E-state index contributed by atoms with van der Waals surface area (Å²) in [5, 5.41) is 0. The Labute approximate surface area is 76.1 Å². The maximum Gasteiger partial charge on any atom is -0.0139 e. The zero-order valence-corrected chi connectivity index (χ0v) is 8.18. The highest BCUT2D eigenvalue weighted by Crippen LogP contribution is 2.43. The average molecular weight is 164 g/mol. The Morgan fingerprint density at radius 2 is 1.33 bits per heavy atom. The topological polar surface area (TPSA) is 0 Å². The van der Waals surface area contributed by atoms with E-state index in [0.29, 0.717) is 0 Å². The lowest BCUT2D eigenvalue weighted by molar-refractivity contribution is 0.129. The van der Waals surface area contributed by atoms with Crippen molar-refractivity contribution >= 4 is 0 Å². The predicted molar refractivity (Wildman–Crippen MR) is 53.1 cm³/mol. The molecule has 0 aromatic heterocycles. The van der Waals surface area contributed by atoms with E-state index < -0.39 is 0 Å². The Bertz CT molecular complexity index is 158. The standard InChI is InChI=1S/C8H14.C4H6/c1-3-7(4-1)8-5-2-6-8;1-4-2-3-4/h7-8H,1-6H2;2H,3H2,1H3. The second-order valence-corrected chi connectivity index (χ2v) is 4.64. The fourth-order valence-electron chi connectivity index (χ4n) is 1.92. The first kappa shape index (κ1) is 8.34. The van der Waals surface area contributed by atoms with Gasteiger partial charge in [0.1, 0.15) is 0 Å². The van der Waals surface area contributed by atoms with Gasteiger partial charge in [-0.1, -0.05) is 50.2 Å². The SMILES string of the molecule is C1CC(C2CCC2)C1.CC1=CC1. The van der Waals surface area contributed by atoms with Gasteiger partial charge in [0.25, 0.3) is 0 Å². The maximum absolute atomic E-state index is 2.21.